The Bertz CT molecular complexity index is 840. The highest BCUT2D eigenvalue weighted by molar-refractivity contribution is 7.88. The molecule has 2 heterocycles. The zero-order valence-corrected chi connectivity index (χ0v) is 14.0. The average molecular weight is 339 g/mol. The van der Waals surface area contributed by atoms with Crippen LogP contribution >= 0.6 is 0 Å². The lowest BCUT2D eigenvalue weighted by atomic mass is 10.3. The summed E-state index contributed by atoms with van der Waals surface area (Å²) < 4.78 is 31.6. The molecule has 0 atom stereocenters. The van der Waals surface area contributed by atoms with Crippen molar-refractivity contribution in [1.29, 1.82) is 0 Å². The Morgan fingerprint density at radius 3 is 2.65 bits per heavy atom. The van der Waals surface area contributed by atoms with Gasteiger partial charge in [0, 0.05) is 32.7 Å². The molecule has 7 nitrogen and oxygen atoms in total. The lowest BCUT2D eigenvalue weighted by molar-refractivity contribution is 0.272. The molecular weight excluding hydrogens is 318 g/mol. The zero-order chi connectivity index (χ0) is 16.4. The van der Waals surface area contributed by atoms with Crippen LogP contribution in [0.15, 0.2) is 33.5 Å². The van der Waals surface area contributed by atoms with Crippen molar-refractivity contribution in [1.82, 2.24) is 13.8 Å². The van der Waals surface area contributed by atoms with Crippen LogP contribution in [0, 0.1) is 0 Å². The first-order valence-corrected chi connectivity index (χ1v) is 9.56. The molecule has 0 radical (unpaired) electrons. The fourth-order valence-electron chi connectivity index (χ4n) is 2.97. The molecule has 0 spiro atoms. The van der Waals surface area contributed by atoms with Crippen LogP contribution in [0.25, 0.3) is 11.1 Å². The number of hydrogen-bond acceptors (Lipinski definition) is 5. The molecule has 1 aromatic carbocycles. The summed E-state index contributed by atoms with van der Waals surface area (Å²) in [6.07, 6.45) is 2.05. The Balaban J connectivity index is 1.66. The van der Waals surface area contributed by atoms with E-state index in [1.54, 1.807) is 10.6 Å². The summed E-state index contributed by atoms with van der Waals surface area (Å²) >= 11 is 0. The fraction of sp³-hybridized carbons (Fsp3) is 0.533. The molecule has 0 saturated carbocycles. The van der Waals surface area contributed by atoms with E-state index in [1.165, 1.54) is 10.6 Å². The van der Waals surface area contributed by atoms with Gasteiger partial charge in [-0.3, -0.25) is 4.57 Å². The van der Waals surface area contributed by atoms with Crippen molar-refractivity contribution in [3.8, 4) is 0 Å². The number of oxazole rings is 1. The van der Waals surface area contributed by atoms with E-state index in [0.29, 0.717) is 38.3 Å². The minimum absolute atomic E-state index is 0.348. The summed E-state index contributed by atoms with van der Waals surface area (Å²) in [5.74, 6) is -0.348. The van der Waals surface area contributed by atoms with Crippen LogP contribution in [-0.4, -0.2) is 61.2 Å². The number of aromatic nitrogens is 1. The normalized spacial score (nSPS) is 18.3. The molecule has 3 rings (SSSR count). The van der Waals surface area contributed by atoms with Crippen LogP contribution in [0.2, 0.25) is 0 Å². The summed E-state index contributed by atoms with van der Waals surface area (Å²) in [6.45, 7) is 3.80. The van der Waals surface area contributed by atoms with E-state index in [0.717, 1.165) is 18.5 Å². The third-order valence-electron chi connectivity index (χ3n) is 4.23. The molecule has 0 unspecified atom stereocenters. The van der Waals surface area contributed by atoms with Gasteiger partial charge in [0.25, 0.3) is 0 Å². The van der Waals surface area contributed by atoms with Gasteiger partial charge < -0.3 is 9.32 Å². The maximum absolute atomic E-state index is 12.0. The van der Waals surface area contributed by atoms with Crippen molar-refractivity contribution in [2.45, 2.75) is 13.0 Å². The Kier molecular flexibility index (Phi) is 4.56. The Morgan fingerprint density at radius 2 is 1.87 bits per heavy atom. The monoisotopic (exact) mass is 339 g/mol. The number of hydrogen-bond donors (Lipinski definition) is 0. The highest BCUT2D eigenvalue weighted by atomic mass is 32.2. The van der Waals surface area contributed by atoms with Crippen molar-refractivity contribution in [3.63, 3.8) is 0 Å². The van der Waals surface area contributed by atoms with Crippen molar-refractivity contribution in [3.05, 3.63) is 34.8 Å². The Hall–Kier alpha value is -1.64. The molecular formula is C15H21N3O4S. The standard InChI is InChI=1S/C15H21N3O4S/c1-23(20,21)17-8-4-7-16(9-11-17)10-12-18-13-5-2-3-6-14(13)22-15(18)19/h2-3,5-6H,4,7-12H2,1H3. The van der Waals surface area contributed by atoms with Gasteiger partial charge in [-0.2, -0.15) is 0 Å². The molecule has 23 heavy (non-hydrogen) atoms. The lowest BCUT2D eigenvalue weighted by Crippen LogP contribution is -2.35. The summed E-state index contributed by atoms with van der Waals surface area (Å²) in [4.78, 5) is 14.1. The van der Waals surface area contributed by atoms with E-state index in [1.807, 2.05) is 18.2 Å². The quantitative estimate of drug-likeness (QED) is 0.814. The molecule has 0 amide bonds. The summed E-state index contributed by atoms with van der Waals surface area (Å²) in [5.41, 5.74) is 1.39. The van der Waals surface area contributed by atoms with Gasteiger partial charge in [0.2, 0.25) is 10.0 Å². The zero-order valence-electron chi connectivity index (χ0n) is 13.1. The highest BCUT2D eigenvalue weighted by Gasteiger charge is 2.21. The molecule has 2 aromatic rings. The lowest BCUT2D eigenvalue weighted by Gasteiger charge is -2.20. The summed E-state index contributed by atoms with van der Waals surface area (Å²) in [5, 5.41) is 0. The van der Waals surface area contributed by atoms with Crippen LogP contribution in [0.3, 0.4) is 0 Å². The van der Waals surface area contributed by atoms with Crippen molar-refractivity contribution < 1.29 is 12.8 Å². The van der Waals surface area contributed by atoms with Crippen LogP contribution < -0.4 is 5.76 Å². The molecule has 8 heteroatoms. The second-order valence-corrected chi connectivity index (χ2v) is 7.83. The number of rotatable bonds is 4. The number of para-hydroxylation sites is 2. The van der Waals surface area contributed by atoms with Crippen LogP contribution in [0.1, 0.15) is 6.42 Å². The van der Waals surface area contributed by atoms with Gasteiger partial charge in [-0.15, -0.1) is 0 Å². The topological polar surface area (TPSA) is 75.8 Å². The van der Waals surface area contributed by atoms with E-state index >= 15 is 0 Å². The van der Waals surface area contributed by atoms with Gasteiger partial charge in [0.1, 0.15) is 0 Å². The fourth-order valence-corrected chi connectivity index (χ4v) is 3.84. The van der Waals surface area contributed by atoms with E-state index < -0.39 is 10.0 Å². The van der Waals surface area contributed by atoms with E-state index in [2.05, 4.69) is 4.90 Å². The average Bonchev–Trinajstić information content (AvgIpc) is 2.67. The molecule has 1 fully saturated rings. The van der Waals surface area contributed by atoms with Gasteiger partial charge in [0.15, 0.2) is 5.58 Å². The molecule has 0 bridgehead atoms. The Morgan fingerprint density at radius 1 is 1.09 bits per heavy atom. The third kappa shape index (κ3) is 3.65. The van der Waals surface area contributed by atoms with Gasteiger partial charge in [-0.25, -0.2) is 17.5 Å². The molecule has 0 N–H and O–H groups in total. The molecule has 1 aromatic heterocycles. The molecule has 1 aliphatic heterocycles. The number of sulfonamides is 1. The minimum Gasteiger partial charge on any atom is -0.408 e. The second-order valence-electron chi connectivity index (χ2n) is 5.84. The van der Waals surface area contributed by atoms with E-state index in [9.17, 15) is 13.2 Å². The minimum atomic E-state index is -3.13. The SMILES string of the molecule is CS(=O)(=O)N1CCCN(CCn2c(=O)oc3ccccc32)CC1. The summed E-state index contributed by atoms with van der Waals surface area (Å²) in [6, 6.07) is 7.37. The molecule has 1 saturated heterocycles. The van der Waals surface area contributed by atoms with Crippen LogP contribution in [-0.2, 0) is 16.6 Å². The highest BCUT2D eigenvalue weighted by Crippen LogP contribution is 2.12. The van der Waals surface area contributed by atoms with Crippen LogP contribution in [0.4, 0.5) is 0 Å². The first kappa shape index (κ1) is 16.2. The second kappa shape index (κ2) is 6.46. The Labute approximate surface area is 135 Å². The number of nitrogens with zero attached hydrogens (tertiary/aromatic N) is 3. The van der Waals surface area contributed by atoms with Gasteiger partial charge in [0.05, 0.1) is 11.8 Å². The van der Waals surface area contributed by atoms with Crippen molar-refractivity contribution >= 4 is 21.1 Å². The van der Waals surface area contributed by atoms with Crippen LogP contribution in [0.5, 0.6) is 0 Å². The maximum atomic E-state index is 12.0. The number of benzene rings is 1. The van der Waals surface area contributed by atoms with Crippen molar-refractivity contribution in [2.24, 2.45) is 0 Å². The smallest absolute Gasteiger partial charge is 0.408 e. The van der Waals surface area contributed by atoms with Gasteiger partial charge >= 0.3 is 5.76 Å². The van der Waals surface area contributed by atoms with E-state index in [4.69, 9.17) is 4.42 Å². The predicted octanol–water partition coefficient (Wildman–Crippen LogP) is 0.562. The van der Waals surface area contributed by atoms with Crippen molar-refractivity contribution in [2.75, 3.05) is 39.0 Å². The maximum Gasteiger partial charge on any atom is 0.419 e. The third-order valence-corrected chi connectivity index (χ3v) is 5.53. The van der Waals surface area contributed by atoms with E-state index in [-0.39, 0.29) is 5.76 Å². The number of fused-ring (bicyclic) bond motifs is 1. The molecule has 1 aliphatic rings. The first-order chi connectivity index (χ1) is 10.9. The van der Waals surface area contributed by atoms with Gasteiger partial charge in [-0.1, -0.05) is 12.1 Å². The van der Waals surface area contributed by atoms with Gasteiger partial charge in [-0.05, 0) is 25.1 Å². The predicted molar refractivity (Wildman–Crippen MR) is 87.9 cm³/mol. The molecule has 126 valence electrons. The molecule has 0 aliphatic carbocycles. The first-order valence-electron chi connectivity index (χ1n) is 7.71. The largest absolute Gasteiger partial charge is 0.419 e. The summed E-state index contributed by atoms with van der Waals surface area (Å²) in [7, 11) is -3.13.